The molecule has 0 saturated heterocycles. The van der Waals surface area contributed by atoms with Gasteiger partial charge in [-0.15, -0.1) is 0 Å². The van der Waals surface area contributed by atoms with Crippen molar-refractivity contribution in [2.75, 3.05) is 6.61 Å². The van der Waals surface area contributed by atoms with Gasteiger partial charge in [0.05, 0.1) is 6.61 Å². The average Bonchev–Trinajstić information content (AvgIpc) is 3.06. The van der Waals surface area contributed by atoms with Gasteiger partial charge >= 0.3 is 0 Å². The smallest absolute Gasteiger partial charge is 0.286 e. The lowest BCUT2D eigenvalue weighted by Gasteiger charge is -2.33. The Morgan fingerprint density at radius 1 is 1.28 bits per heavy atom. The van der Waals surface area contributed by atoms with Crippen molar-refractivity contribution in [3.8, 4) is 11.5 Å². The van der Waals surface area contributed by atoms with E-state index in [0.717, 1.165) is 15.6 Å². The maximum atomic E-state index is 9.48. The first-order valence-electron chi connectivity index (χ1n) is 9.64. The maximum Gasteiger partial charge on any atom is 0.286 e. The number of aliphatic hydroxyl groups excluding tert-OH is 1. The Labute approximate surface area is 180 Å². The van der Waals surface area contributed by atoms with Crippen LogP contribution in [0.25, 0.3) is 22.6 Å². The molecule has 2 aromatic heterocycles. The van der Waals surface area contributed by atoms with Crippen LogP contribution in [0.15, 0.2) is 44.5 Å². The minimum Gasteiger partial charge on any atom is -0.453 e. The summed E-state index contributed by atoms with van der Waals surface area (Å²) in [4.78, 5) is 4.74. The molecule has 0 unspecified atom stereocenters. The molecule has 2 heterocycles. The van der Waals surface area contributed by atoms with Crippen LogP contribution in [-0.2, 0) is 11.1 Å². The number of fused-ring (bicyclic) bond motifs is 1. The molecule has 6 nitrogen and oxygen atoms in total. The van der Waals surface area contributed by atoms with Gasteiger partial charge in [0.1, 0.15) is 0 Å². The summed E-state index contributed by atoms with van der Waals surface area (Å²) in [5, 5.41) is 14.0. The Bertz CT molecular complexity index is 1100. The van der Waals surface area contributed by atoms with E-state index in [1.807, 2.05) is 42.0 Å². The molecule has 1 N–H and O–H groups in total. The lowest BCUT2D eigenvalue weighted by atomic mass is 10.1. The van der Waals surface area contributed by atoms with E-state index in [-0.39, 0.29) is 11.6 Å². The van der Waals surface area contributed by atoms with Crippen molar-refractivity contribution < 1.29 is 14.1 Å². The van der Waals surface area contributed by atoms with Gasteiger partial charge in [-0.2, -0.15) is 0 Å². The highest BCUT2D eigenvalue weighted by atomic mass is 79.9. The topological polar surface area (TPSA) is 72.8 Å². The van der Waals surface area contributed by atoms with Crippen molar-refractivity contribution in [1.82, 2.24) is 9.55 Å². The number of aromatic nitrogens is 2. The van der Waals surface area contributed by atoms with Gasteiger partial charge in [-0.1, -0.05) is 47.9 Å². The molecule has 0 fully saturated rings. The molecule has 0 amide bonds. The van der Waals surface area contributed by atoms with Crippen LogP contribution in [0.4, 0.5) is 0 Å². The molecule has 0 spiro atoms. The van der Waals surface area contributed by atoms with Crippen molar-refractivity contribution in [3.63, 3.8) is 0 Å². The van der Waals surface area contributed by atoms with E-state index in [1.165, 1.54) is 0 Å². The highest BCUT2D eigenvalue weighted by molar-refractivity contribution is 9.10. The third-order valence-electron chi connectivity index (χ3n) is 5.55. The van der Waals surface area contributed by atoms with Gasteiger partial charge < -0.3 is 18.6 Å². The predicted octanol–water partition coefficient (Wildman–Crippen LogP) is 5.20. The van der Waals surface area contributed by atoms with E-state index in [2.05, 4.69) is 55.0 Å². The summed E-state index contributed by atoms with van der Waals surface area (Å²) in [6, 6.07) is 7.78. The molecule has 0 bridgehead atoms. The normalized spacial score (nSPS) is 13.3. The number of halogens is 1. The fourth-order valence-electron chi connectivity index (χ4n) is 2.60. The first-order valence-corrected chi connectivity index (χ1v) is 13.3. The summed E-state index contributed by atoms with van der Waals surface area (Å²) in [5.41, 5.74) is 3.78. The first-order chi connectivity index (χ1) is 13.5. The van der Waals surface area contributed by atoms with Gasteiger partial charge in [0.2, 0.25) is 11.4 Å². The highest BCUT2D eigenvalue weighted by Gasteiger charge is 2.40. The zero-order valence-corrected chi connectivity index (χ0v) is 20.4. The fraction of sp³-hybridized carbons (Fsp3) is 0.429. The van der Waals surface area contributed by atoms with E-state index in [1.54, 1.807) is 0 Å². The van der Waals surface area contributed by atoms with Crippen LogP contribution >= 0.6 is 15.9 Å². The number of oxazole rings is 1. The third-order valence-corrected chi connectivity index (χ3v) is 10.6. The van der Waals surface area contributed by atoms with E-state index in [0.29, 0.717) is 29.0 Å². The zero-order valence-electron chi connectivity index (χ0n) is 17.8. The van der Waals surface area contributed by atoms with Crippen LogP contribution in [0.3, 0.4) is 0 Å². The zero-order chi connectivity index (χ0) is 21.4. The Kier molecular flexibility index (Phi) is 6.07. The van der Waals surface area contributed by atoms with E-state index >= 15 is 0 Å². The van der Waals surface area contributed by atoms with Gasteiger partial charge in [0.15, 0.2) is 11.1 Å². The number of hydrogen-bond donors (Lipinski definition) is 1. The Morgan fingerprint density at radius 2 is 2.00 bits per heavy atom. The molecule has 8 heteroatoms. The average molecular weight is 478 g/mol. The third kappa shape index (κ3) is 4.34. The predicted molar refractivity (Wildman–Crippen MR) is 121 cm³/mol. The van der Waals surface area contributed by atoms with Gasteiger partial charge in [-0.3, -0.25) is 0 Å². The van der Waals surface area contributed by atoms with Gasteiger partial charge in [0.25, 0.3) is 8.32 Å². The Balaban J connectivity index is 2.19. The minimum absolute atomic E-state index is 0.00572. The van der Waals surface area contributed by atoms with Crippen LogP contribution in [-0.4, -0.2) is 29.6 Å². The molecule has 0 aliphatic rings. The summed E-state index contributed by atoms with van der Waals surface area (Å²) in [5.74, 6) is 0.532. The molecule has 0 atom stereocenters. The first kappa shape index (κ1) is 21.8. The van der Waals surface area contributed by atoms with Crippen LogP contribution < -0.4 is 5.49 Å². The summed E-state index contributed by atoms with van der Waals surface area (Å²) in [6.07, 6.45) is 1.84. The molecule has 0 aliphatic heterocycles. The Hall–Kier alpha value is -1.90. The second-order valence-electron chi connectivity index (χ2n) is 8.64. The van der Waals surface area contributed by atoms with Crippen molar-refractivity contribution in [3.05, 3.63) is 46.0 Å². The summed E-state index contributed by atoms with van der Waals surface area (Å²) < 4.78 is 15.0. The van der Waals surface area contributed by atoms with Gasteiger partial charge in [-0.25, -0.2) is 4.98 Å². The molecule has 156 valence electrons. The summed E-state index contributed by atoms with van der Waals surface area (Å²) in [6.45, 7) is 13.2. The van der Waals surface area contributed by atoms with Crippen molar-refractivity contribution >= 4 is 35.3 Å². The van der Waals surface area contributed by atoms with Crippen LogP contribution in [0.2, 0.25) is 18.1 Å². The van der Waals surface area contributed by atoms with E-state index in [9.17, 15) is 5.11 Å². The quantitative estimate of drug-likeness (QED) is 0.404. The fourth-order valence-corrected chi connectivity index (χ4v) is 3.56. The number of pyridine rings is 1. The monoisotopic (exact) mass is 477 g/mol. The SMILES string of the molecule is Cc1c(Br)cccc1-c1nc2/c(=N\O[Si](C)(C)C(C)(C)C)n(CCO)ccc2o1. The molecule has 0 aliphatic carbocycles. The van der Waals surface area contributed by atoms with Crippen LogP contribution in [0, 0.1) is 6.92 Å². The molecular formula is C21H28BrN3O3Si. The number of rotatable bonds is 5. The lowest BCUT2D eigenvalue weighted by Crippen LogP contribution is -2.40. The van der Waals surface area contributed by atoms with Gasteiger partial charge in [0, 0.05) is 22.8 Å². The largest absolute Gasteiger partial charge is 0.453 e. The molecule has 3 rings (SSSR count). The molecule has 3 aromatic rings. The van der Waals surface area contributed by atoms with Crippen LogP contribution in [0.5, 0.6) is 0 Å². The number of hydrogen-bond acceptors (Lipinski definition) is 5. The van der Waals surface area contributed by atoms with Crippen LogP contribution in [0.1, 0.15) is 26.3 Å². The van der Waals surface area contributed by atoms with Crippen molar-refractivity contribution in [2.45, 2.75) is 52.4 Å². The lowest BCUT2D eigenvalue weighted by molar-refractivity contribution is 0.262. The van der Waals surface area contributed by atoms with E-state index < -0.39 is 8.32 Å². The standard InChI is InChI=1S/C21H28BrN3O3Si/c1-14-15(8-7-9-16(14)22)20-23-18-17(27-20)10-11-25(12-13-26)19(18)24-28-29(5,6)21(2,3)4/h7-11,26H,12-13H2,1-6H3/b24-19+. The summed E-state index contributed by atoms with van der Waals surface area (Å²) >= 11 is 3.56. The van der Waals surface area contributed by atoms with Gasteiger partial charge in [-0.05, 0) is 48.8 Å². The molecule has 0 radical (unpaired) electrons. The molecule has 0 saturated carbocycles. The van der Waals surface area contributed by atoms with Crippen molar-refractivity contribution in [2.24, 2.45) is 5.16 Å². The highest BCUT2D eigenvalue weighted by Crippen LogP contribution is 2.36. The second kappa shape index (κ2) is 8.08. The Morgan fingerprint density at radius 3 is 2.66 bits per heavy atom. The molecule has 1 aromatic carbocycles. The second-order valence-corrected chi connectivity index (χ2v) is 14.2. The minimum atomic E-state index is -2.10. The number of benzene rings is 1. The molecule has 29 heavy (non-hydrogen) atoms. The number of aliphatic hydroxyl groups is 1. The van der Waals surface area contributed by atoms with E-state index in [4.69, 9.17) is 13.9 Å². The number of nitrogens with zero attached hydrogens (tertiary/aromatic N) is 3. The molecular weight excluding hydrogens is 450 g/mol. The maximum absolute atomic E-state index is 9.48. The summed E-state index contributed by atoms with van der Waals surface area (Å²) in [7, 11) is -2.10. The van der Waals surface area contributed by atoms with Crippen molar-refractivity contribution in [1.29, 1.82) is 0 Å².